The van der Waals surface area contributed by atoms with Crippen molar-refractivity contribution in [1.29, 1.82) is 0 Å². The lowest BCUT2D eigenvalue weighted by Gasteiger charge is -2.62. The van der Waals surface area contributed by atoms with Gasteiger partial charge in [0.2, 0.25) is 5.79 Å². The SMILES string of the molecule is CC1C(CCO)OC2OC3(C)CCC4(N)CCCC1C24OO3. The van der Waals surface area contributed by atoms with Crippen LogP contribution >= 0.6 is 0 Å². The molecular formula is C16H27NO5. The van der Waals surface area contributed by atoms with Gasteiger partial charge < -0.3 is 20.3 Å². The van der Waals surface area contributed by atoms with E-state index in [4.69, 9.17) is 25.0 Å². The van der Waals surface area contributed by atoms with Gasteiger partial charge in [0.25, 0.3) is 0 Å². The summed E-state index contributed by atoms with van der Waals surface area (Å²) in [7, 11) is 0. The quantitative estimate of drug-likeness (QED) is 0.751. The van der Waals surface area contributed by atoms with Crippen LogP contribution in [0.1, 0.15) is 52.4 Å². The van der Waals surface area contributed by atoms with Crippen molar-refractivity contribution >= 4 is 0 Å². The van der Waals surface area contributed by atoms with Crippen LogP contribution in [0.4, 0.5) is 0 Å². The topological polar surface area (TPSA) is 83.2 Å². The molecule has 5 fully saturated rings. The van der Waals surface area contributed by atoms with E-state index < -0.39 is 23.2 Å². The van der Waals surface area contributed by atoms with E-state index >= 15 is 0 Å². The molecule has 2 bridgehead atoms. The lowest BCUT2D eigenvalue weighted by atomic mass is 9.57. The van der Waals surface area contributed by atoms with Gasteiger partial charge >= 0.3 is 0 Å². The molecule has 5 rings (SSSR count). The van der Waals surface area contributed by atoms with Crippen molar-refractivity contribution in [3.63, 3.8) is 0 Å². The summed E-state index contributed by atoms with van der Waals surface area (Å²) < 4.78 is 12.4. The summed E-state index contributed by atoms with van der Waals surface area (Å²) in [5, 5.41) is 9.34. The number of hydrogen-bond acceptors (Lipinski definition) is 6. The van der Waals surface area contributed by atoms with Crippen molar-refractivity contribution in [2.75, 3.05) is 6.61 Å². The van der Waals surface area contributed by atoms with Gasteiger partial charge in [-0.1, -0.05) is 13.3 Å². The summed E-state index contributed by atoms with van der Waals surface area (Å²) in [6.45, 7) is 4.17. The van der Waals surface area contributed by atoms with Crippen LogP contribution in [-0.2, 0) is 19.2 Å². The zero-order valence-corrected chi connectivity index (χ0v) is 13.4. The highest BCUT2D eigenvalue weighted by atomic mass is 17.3. The Bertz CT molecular complexity index is 462. The molecule has 0 aromatic carbocycles. The van der Waals surface area contributed by atoms with Crippen LogP contribution < -0.4 is 5.73 Å². The third-order valence-electron chi connectivity index (χ3n) is 6.49. The van der Waals surface area contributed by atoms with Crippen molar-refractivity contribution in [2.24, 2.45) is 17.6 Å². The fraction of sp³-hybridized carbons (Fsp3) is 1.00. The summed E-state index contributed by atoms with van der Waals surface area (Å²) in [6, 6.07) is 0. The molecule has 4 aliphatic heterocycles. The minimum absolute atomic E-state index is 0.0282. The van der Waals surface area contributed by atoms with Crippen LogP contribution in [0.2, 0.25) is 0 Å². The molecule has 5 aliphatic rings. The lowest BCUT2D eigenvalue weighted by Crippen LogP contribution is -2.77. The Balaban J connectivity index is 1.79. The van der Waals surface area contributed by atoms with E-state index in [2.05, 4.69) is 6.92 Å². The van der Waals surface area contributed by atoms with Crippen LogP contribution in [0.25, 0.3) is 0 Å². The van der Waals surface area contributed by atoms with Crippen molar-refractivity contribution in [2.45, 2.75) is 81.7 Å². The van der Waals surface area contributed by atoms with Gasteiger partial charge in [0.15, 0.2) is 11.9 Å². The largest absolute Gasteiger partial charge is 0.396 e. The van der Waals surface area contributed by atoms with Crippen molar-refractivity contribution in [3.8, 4) is 0 Å². The highest BCUT2D eigenvalue weighted by Crippen LogP contribution is 2.60. The van der Waals surface area contributed by atoms with Gasteiger partial charge in [-0.2, -0.15) is 0 Å². The highest BCUT2D eigenvalue weighted by Gasteiger charge is 2.72. The molecular weight excluding hydrogens is 286 g/mol. The first-order valence-corrected chi connectivity index (χ1v) is 8.54. The third-order valence-corrected chi connectivity index (χ3v) is 6.49. The van der Waals surface area contributed by atoms with Crippen molar-refractivity contribution in [3.05, 3.63) is 0 Å². The molecule has 0 aromatic heterocycles. The van der Waals surface area contributed by atoms with Gasteiger partial charge in [0.1, 0.15) is 0 Å². The van der Waals surface area contributed by atoms with Crippen LogP contribution in [0.5, 0.6) is 0 Å². The Kier molecular flexibility index (Phi) is 3.39. The third kappa shape index (κ3) is 1.82. The average Bonchev–Trinajstić information content (AvgIpc) is 2.66. The zero-order chi connectivity index (χ0) is 15.6. The average molecular weight is 313 g/mol. The van der Waals surface area contributed by atoms with E-state index in [9.17, 15) is 5.11 Å². The molecule has 6 heteroatoms. The van der Waals surface area contributed by atoms with Gasteiger partial charge in [-0.25, -0.2) is 9.78 Å². The number of nitrogens with two attached hydrogens (primary N) is 1. The maximum Gasteiger partial charge on any atom is 0.201 e. The van der Waals surface area contributed by atoms with E-state index in [0.717, 1.165) is 25.7 Å². The monoisotopic (exact) mass is 313 g/mol. The highest BCUT2D eigenvalue weighted by molar-refractivity contribution is 5.18. The molecule has 3 N–H and O–H groups in total. The van der Waals surface area contributed by atoms with E-state index in [0.29, 0.717) is 12.8 Å². The molecule has 4 heterocycles. The summed E-state index contributed by atoms with van der Waals surface area (Å²) in [6.07, 6.45) is 4.62. The van der Waals surface area contributed by atoms with Gasteiger partial charge in [-0.15, -0.1) is 0 Å². The number of aliphatic hydroxyl groups is 1. The molecule has 0 aromatic rings. The van der Waals surface area contributed by atoms with Gasteiger partial charge in [-0.3, -0.25) is 0 Å². The second-order valence-electron chi connectivity index (χ2n) is 7.74. The predicted molar refractivity (Wildman–Crippen MR) is 77.4 cm³/mol. The summed E-state index contributed by atoms with van der Waals surface area (Å²) in [4.78, 5) is 11.7. The summed E-state index contributed by atoms with van der Waals surface area (Å²) >= 11 is 0. The Hall–Kier alpha value is -0.240. The van der Waals surface area contributed by atoms with Gasteiger partial charge in [0, 0.05) is 18.9 Å². The molecule has 6 nitrogen and oxygen atoms in total. The smallest absolute Gasteiger partial charge is 0.201 e. The summed E-state index contributed by atoms with van der Waals surface area (Å²) in [5.74, 6) is -0.320. The van der Waals surface area contributed by atoms with Crippen molar-refractivity contribution in [1.82, 2.24) is 0 Å². The molecule has 7 atom stereocenters. The van der Waals surface area contributed by atoms with Gasteiger partial charge in [-0.05, 0) is 38.5 Å². The van der Waals surface area contributed by atoms with E-state index in [1.165, 1.54) is 0 Å². The van der Waals surface area contributed by atoms with E-state index in [1.54, 1.807) is 0 Å². The molecule has 7 unspecified atom stereocenters. The van der Waals surface area contributed by atoms with E-state index in [-0.39, 0.29) is 24.5 Å². The van der Waals surface area contributed by atoms with Crippen LogP contribution in [0, 0.1) is 11.8 Å². The summed E-state index contributed by atoms with van der Waals surface area (Å²) in [5.41, 5.74) is 5.64. The minimum Gasteiger partial charge on any atom is -0.396 e. The molecule has 1 saturated carbocycles. The number of rotatable bonds is 2. The normalized spacial score (nSPS) is 57.3. The van der Waals surface area contributed by atoms with Gasteiger partial charge in [0.05, 0.1) is 11.6 Å². The molecule has 4 saturated heterocycles. The Morgan fingerprint density at radius 3 is 2.82 bits per heavy atom. The molecule has 126 valence electrons. The molecule has 1 aliphatic carbocycles. The Morgan fingerprint density at radius 2 is 2.05 bits per heavy atom. The maximum atomic E-state index is 9.34. The Morgan fingerprint density at radius 1 is 1.23 bits per heavy atom. The number of fused-ring (bicyclic) bond motifs is 2. The molecule has 0 radical (unpaired) electrons. The second kappa shape index (κ2) is 4.88. The molecule has 1 spiro atoms. The van der Waals surface area contributed by atoms with Crippen LogP contribution in [0.3, 0.4) is 0 Å². The lowest BCUT2D eigenvalue weighted by molar-refractivity contribution is -0.570. The number of hydrogen-bond donors (Lipinski definition) is 2. The second-order valence-corrected chi connectivity index (χ2v) is 7.74. The zero-order valence-electron chi connectivity index (χ0n) is 13.4. The number of aliphatic hydroxyl groups excluding tert-OH is 1. The molecule has 0 amide bonds. The predicted octanol–water partition coefficient (Wildman–Crippen LogP) is 1.45. The standard InChI is InChI=1S/C16H27NO5/c1-10-11-4-3-6-15(17)8-7-14(2)20-13(16(11,15)22-21-14)19-12(10)5-9-18/h10-13,18H,3-9,17H2,1-2H3. The first-order valence-electron chi connectivity index (χ1n) is 8.54. The fourth-order valence-corrected chi connectivity index (χ4v) is 5.15. The van der Waals surface area contributed by atoms with Crippen molar-refractivity contribution < 1.29 is 24.4 Å². The number of ether oxygens (including phenoxy) is 2. The van der Waals surface area contributed by atoms with Crippen LogP contribution in [-0.4, -0.2) is 41.0 Å². The first-order chi connectivity index (χ1) is 10.4. The fourth-order valence-electron chi connectivity index (χ4n) is 5.15. The van der Waals surface area contributed by atoms with Crippen LogP contribution in [0.15, 0.2) is 0 Å². The van der Waals surface area contributed by atoms with E-state index in [1.807, 2.05) is 6.92 Å². The maximum absolute atomic E-state index is 9.34. The first kappa shape index (κ1) is 15.3. The minimum atomic E-state index is -0.797. The Labute approximate surface area is 131 Å². The molecule has 22 heavy (non-hydrogen) atoms.